The number of nitriles is 1. The van der Waals surface area contributed by atoms with Crippen LogP contribution in [0.4, 0.5) is 23.9 Å². The van der Waals surface area contributed by atoms with Crippen molar-refractivity contribution in [2.75, 3.05) is 18.0 Å². The molecule has 1 N–H and O–H groups in total. The van der Waals surface area contributed by atoms with Crippen molar-refractivity contribution in [2.45, 2.75) is 45.3 Å². The van der Waals surface area contributed by atoms with Crippen LogP contribution in [-0.4, -0.2) is 40.8 Å². The van der Waals surface area contributed by atoms with E-state index in [1.807, 2.05) is 4.90 Å². The Bertz CT molecular complexity index is 1670. The van der Waals surface area contributed by atoms with E-state index in [2.05, 4.69) is 10.3 Å². The molecule has 0 spiro atoms. The van der Waals surface area contributed by atoms with Gasteiger partial charge in [0, 0.05) is 47.3 Å². The number of fused-ring (bicyclic) bond motifs is 1. The van der Waals surface area contributed by atoms with Gasteiger partial charge in [-0.3, -0.25) is 0 Å². The second-order valence-electron chi connectivity index (χ2n) is 10.9. The van der Waals surface area contributed by atoms with Crippen molar-refractivity contribution in [3.8, 4) is 28.5 Å². The highest BCUT2D eigenvalue weighted by Gasteiger charge is 2.26. The molecule has 4 aromatic rings. The van der Waals surface area contributed by atoms with E-state index in [4.69, 9.17) is 9.72 Å². The van der Waals surface area contributed by atoms with Crippen molar-refractivity contribution >= 4 is 22.9 Å². The lowest BCUT2D eigenvalue weighted by Crippen LogP contribution is -2.46. The van der Waals surface area contributed by atoms with Crippen molar-refractivity contribution in [3.05, 3.63) is 77.6 Å². The summed E-state index contributed by atoms with van der Waals surface area (Å²) in [5.74, 6) is -1.66. The van der Waals surface area contributed by atoms with Crippen LogP contribution in [0.25, 0.3) is 33.3 Å². The van der Waals surface area contributed by atoms with Gasteiger partial charge >= 0.3 is 6.09 Å². The van der Waals surface area contributed by atoms with Crippen LogP contribution in [-0.2, 0) is 4.74 Å². The minimum Gasteiger partial charge on any atom is -0.444 e. The number of ether oxygens (including phenoxy) is 1. The molecule has 0 saturated carbocycles. The highest BCUT2D eigenvalue weighted by Crippen LogP contribution is 2.35. The molecule has 1 amide bonds. The summed E-state index contributed by atoms with van der Waals surface area (Å²) < 4.78 is 50.0. The average Bonchev–Trinajstić information content (AvgIpc) is 2.92. The third kappa shape index (κ3) is 6.09. The Hall–Kier alpha value is -4.65. The molecule has 2 heterocycles. The number of hydrogen-bond donors (Lipinski definition) is 1. The van der Waals surface area contributed by atoms with E-state index in [9.17, 15) is 18.8 Å². The van der Waals surface area contributed by atoms with Crippen molar-refractivity contribution in [1.29, 1.82) is 5.26 Å². The van der Waals surface area contributed by atoms with Crippen molar-refractivity contribution in [2.24, 2.45) is 0 Å². The number of halogens is 3. The Labute approximate surface area is 235 Å². The molecule has 41 heavy (non-hydrogen) atoms. The molecule has 1 fully saturated rings. The van der Waals surface area contributed by atoms with Gasteiger partial charge in [-0.25, -0.2) is 27.9 Å². The van der Waals surface area contributed by atoms with Gasteiger partial charge in [-0.2, -0.15) is 5.26 Å². The first-order valence-electron chi connectivity index (χ1n) is 13.2. The molecular weight excluding hydrogens is 531 g/mol. The monoisotopic (exact) mass is 559 g/mol. The number of carbonyl (C=O) groups excluding carboxylic acids is 1. The fourth-order valence-corrected chi connectivity index (χ4v) is 4.84. The molecule has 0 unspecified atom stereocenters. The molecule has 1 aliphatic rings. The lowest BCUT2D eigenvalue weighted by molar-refractivity contribution is 0.0497. The third-order valence-corrected chi connectivity index (χ3v) is 6.80. The number of carbonyl (C=O) groups is 1. The molecule has 10 heteroatoms. The van der Waals surface area contributed by atoms with E-state index < -0.39 is 29.1 Å². The molecule has 0 bridgehead atoms. The molecule has 1 saturated heterocycles. The molecule has 0 atom stereocenters. The third-order valence-electron chi connectivity index (χ3n) is 6.80. The Morgan fingerprint density at radius 1 is 0.976 bits per heavy atom. The zero-order valence-corrected chi connectivity index (χ0v) is 22.8. The second-order valence-corrected chi connectivity index (χ2v) is 10.9. The maximum absolute atomic E-state index is 15.4. The Balaban J connectivity index is 1.53. The van der Waals surface area contributed by atoms with Crippen LogP contribution in [0.3, 0.4) is 0 Å². The summed E-state index contributed by atoms with van der Waals surface area (Å²) >= 11 is 0. The Morgan fingerprint density at radius 2 is 1.71 bits per heavy atom. The van der Waals surface area contributed by atoms with Gasteiger partial charge in [0.15, 0.2) is 0 Å². The molecule has 210 valence electrons. The molecule has 1 aliphatic heterocycles. The van der Waals surface area contributed by atoms with Crippen molar-refractivity contribution in [1.82, 2.24) is 15.3 Å². The highest BCUT2D eigenvalue weighted by molar-refractivity contribution is 5.96. The number of rotatable bonds is 4. The smallest absolute Gasteiger partial charge is 0.407 e. The summed E-state index contributed by atoms with van der Waals surface area (Å²) in [5, 5.41) is 12.5. The van der Waals surface area contributed by atoms with Gasteiger partial charge in [0.2, 0.25) is 5.95 Å². The largest absolute Gasteiger partial charge is 0.444 e. The number of benzene rings is 3. The quantitative estimate of drug-likeness (QED) is 0.298. The molecule has 3 aromatic carbocycles. The lowest BCUT2D eigenvalue weighted by atomic mass is 9.98. The lowest BCUT2D eigenvalue weighted by Gasteiger charge is -2.33. The van der Waals surface area contributed by atoms with Gasteiger partial charge in [-0.15, -0.1) is 0 Å². The van der Waals surface area contributed by atoms with Gasteiger partial charge in [-0.05, 0) is 57.9 Å². The first kappa shape index (κ1) is 27.9. The first-order valence-corrected chi connectivity index (χ1v) is 13.2. The predicted molar refractivity (Wildman–Crippen MR) is 150 cm³/mol. The molecule has 5 rings (SSSR count). The topological polar surface area (TPSA) is 91.1 Å². The van der Waals surface area contributed by atoms with Gasteiger partial charge in [-0.1, -0.05) is 24.3 Å². The van der Waals surface area contributed by atoms with Crippen LogP contribution in [0.5, 0.6) is 0 Å². The number of nitrogens with zero attached hydrogens (tertiary/aromatic N) is 4. The Kier molecular flexibility index (Phi) is 7.54. The van der Waals surface area contributed by atoms with E-state index in [-0.39, 0.29) is 28.2 Å². The minimum absolute atomic E-state index is 0.0244. The Morgan fingerprint density at radius 3 is 2.37 bits per heavy atom. The minimum atomic E-state index is -0.719. The molecule has 1 aromatic heterocycles. The standard InChI is InChI=1S/C31H28F3N5O2/c1-31(2,3)41-30(40)36-20-10-12-39(13-11-20)29-37-27-16-26(34)22(21-6-4-5-7-24(21)32)15-23(27)28(38-29)18-8-9-19(17-35)25(33)14-18/h4-9,14-16,20H,10-13H2,1-3H3,(H,36,40). The van der Waals surface area contributed by atoms with Crippen LogP contribution < -0.4 is 10.2 Å². The number of hydrogen-bond acceptors (Lipinski definition) is 6. The number of alkyl carbamates (subject to hydrolysis) is 1. The fraction of sp³-hybridized carbons (Fsp3) is 0.290. The van der Waals surface area contributed by atoms with E-state index in [1.54, 1.807) is 39.0 Å². The normalized spacial score (nSPS) is 14.1. The average molecular weight is 560 g/mol. The molecule has 7 nitrogen and oxygen atoms in total. The molecule has 0 aliphatic carbocycles. The first-order chi connectivity index (χ1) is 19.5. The summed E-state index contributed by atoms with van der Waals surface area (Å²) in [6.07, 6.45) is 0.716. The number of piperidine rings is 1. The van der Waals surface area contributed by atoms with E-state index in [1.165, 1.54) is 42.5 Å². The number of anilines is 1. The van der Waals surface area contributed by atoms with Gasteiger partial charge in [0.05, 0.1) is 16.8 Å². The molecule has 0 radical (unpaired) electrons. The number of amides is 1. The summed E-state index contributed by atoms with van der Waals surface area (Å²) in [6.45, 7) is 6.40. The van der Waals surface area contributed by atoms with Gasteiger partial charge < -0.3 is 15.0 Å². The van der Waals surface area contributed by atoms with E-state index in [0.29, 0.717) is 48.5 Å². The van der Waals surface area contributed by atoms with Crippen LogP contribution in [0, 0.1) is 28.8 Å². The van der Waals surface area contributed by atoms with E-state index >= 15 is 4.39 Å². The van der Waals surface area contributed by atoms with Crippen LogP contribution in [0.1, 0.15) is 39.2 Å². The number of nitrogens with one attached hydrogen (secondary N) is 1. The SMILES string of the molecule is CC(C)(C)OC(=O)NC1CCN(c2nc(-c3ccc(C#N)c(F)c3)c3cc(-c4ccccc4F)c(F)cc3n2)CC1. The van der Waals surface area contributed by atoms with Crippen LogP contribution in [0.2, 0.25) is 0 Å². The second kappa shape index (κ2) is 11.1. The molecular formula is C31H28F3N5O2. The summed E-state index contributed by atoms with van der Waals surface area (Å²) in [7, 11) is 0. The van der Waals surface area contributed by atoms with Crippen molar-refractivity contribution < 1.29 is 22.7 Å². The van der Waals surface area contributed by atoms with Crippen LogP contribution >= 0.6 is 0 Å². The predicted octanol–water partition coefficient (Wildman–Crippen LogP) is 6.75. The zero-order valence-electron chi connectivity index (χ0n) is 22.8. The maximum atomic E-state index is 15.4. The van der Waals surface area contributed by atoms with Gasteiger partial charge in [0.25, 0.3) is 0 Å². The fourth-order valence-electron chi connectivity index (χ4n) is 4.84. The summed E-state index contributed by atoms with van der Waals surface area (Å²) in [6, 6.07) is 14.4. The summed E-state index contributed by atoms with van der Waals surface area (Å²) in [5.41, 5.74) is 0.324. The highest BCUT2D eigenvalue weighted by atomic mass is 19.1. The maximum Gasteiger partial charge on any atom is 0.407 e. The van der Waals surface area contributed by atoms with Crippen LogP contribution in [0.15, 0.2) is 54.6 Å². The zero-order chi connectivity index (χ0) is 29.3. The van der Waals surface area contributed by atoms with Gasteiger partial charge in [0.1, 0.15) is 29.1 Å². The summed E-state index contributed by atoms with van der Waals surface area (Å²) in [4.78, 5) is 23.5. The van der Waals surface area contributed by atoms with Crippen molar-refractivity contribution in [3.63, 3.8) is 0 Å². The van der Waals surface area contributed by atoms with E-state index in [0.717, 1.165) is 0 Å². The number of aromatic nitrogens is 2.